The Morgan fingerprint density at radius 3 is 2.80 bits per heavy atom. The van der Waals surface area contributed by atoms with E-state index in [1.807, 2.05) is 12.1 Å². The fourth-order valence-corrected chi connectivity index (χ4v) is 3.44. The third kappa shape index (κ3) is 4.19. The van der Waals surface area contributed by atoms with E-state index in [-0.39, 0.29) is 6.04 Å². The minimum Gasteiger partial charge on any atom is -0.475 e. The lowest BCUT2D eigenvalue weighted by atomic mass is 10.2. The van der Waals surface area contributed by atoms with Crippen LogP contribution in [-0.4, -0.2) is 25.3 Å². The third-order valence-corrected chi connectivity index (χ3v) is 4.75. The lowest BCUT2D eigenvalue weighted by Gasteiger charge is -2.14. The maximum atomic E-state index is 5.43. The molecule has 108 valence electrons. The molecule has 1 unspecified atom stereocenters. The van der Waals surface area contributed by atoms with Crippen LogP contribution in [0.4, 0.5) is 5.69 Å². The van der Waals surface area contributed by atoms with Gasteiger partial charge in [0, 0.05) is 22.5 Å². The van der Waals surface area contributed by atoms with Crippen LogP contribution in [0.25, 0.3) is 0 Å². The van der Waals surface area contributed by atoms with Crippen molar-refractivity contribution >= 4 is 33.0 Å². The molecule has 0 spiro atoms. The SMILES string of the molecule is COCCOc1ccc(NC(C)c2sccc2Br)cn1. The second-order valence-corrected chi connectivity index (χ2v) is 6.03. The molecule has 20 heavy (non-hydrogen) atoms. The molecule has 4 nitrogen and oxygen atoms in total. The van der Waals surface area contributed by atoms with E-state index < -0.39 is 0 Å². The van der Waals surface area contributed by atoms with Crippen LogP contribution >= 0.6 is 27.3 Å². The predicted octanol–water partition coefficient (Wildman–Crippen LogP) is 4.10. The molecule has 1 N–H and O–H groups in total. The fourth-order valence-electron chi connectivity index (χ4n) is 1.71. The van der Waals surface area contributed by atoms with Crippen LogP contribution in [0.15, 0.2) is 34.2 Å². The summed E-state index contributed by atoms with van der Waals surface area (Å²) in [4.78, 5) is 5.53. The van der Waals surface area contributed by atoms with Crippen LogP contribution < -0.4 is 10.1 Å². The quantitative estimate of drug-likeness (QED) is 0.758. The second kappa shape index (κ2) is 7.61. The van der Waals surface area contributed by atoms with Crippen molar-refractivity contribution < 1.29 is 9.47 Å². The first-order valence-corrected chi connectivity index (χ1v) is 7.95. The summed E-state index contributed by atoms with van der Waals surface area (Å²) >= 11 is 5.28. The van der Waals surface area contributed by atoms with E-state index in [0.29, 0.717) is 19.1 Å². The van der Waals surface area contributed by atoms with Gasteiger partial charge in [-0.05, 0) is 40.4 Å². The zero-order chi connectivity index (χ0) is 14.4. The zero-order valence-electron chi connectivity index (χ0n) is 11.4. The Morgan fingerprint density at radius 1 is 1.35 bits per heavy atom. The van der Waals surface area contributed by atoms with Gasteiger partial charge in [0.05, 0.1) is 24.5 Å². The summed E-state index contributed by atoms with van der Waals surface area (Å²) in [6, 6.07) is 6.11. The number of pyridine rings is 1. The van der Waals surface area contributed by atoms with Gasteiger partial charge >= 0.3 is 0 Å². The molecule has 2 aromatic heterocycles. The van der Waals surface area contributed by atoms with Crippen molar-refractivity contribution in [2.24, 2.45) is 0 Å². The third-order valence-electron chi connectivity index (χ3n) is 2.69. The molecular weight excluding hydrogens is 340 g/mol. The predicted molar refractivity (Wildman–Crippen MR) is 85.7 cm³/mol. The molecule has 6 heteroatoms. The minimum atomic E-state index is 0.228. The van der Waals surface area contributed by atoms with E-state index in [2.05, 4.69) is 44.6 Å². The average Bonchev–Trinajstić information content (AvgIpc) is 2.87. The molecule has 0 aliphatic carbocycles. The minimum absolute atomic E-state index is 0.228. The van der Waals surface area contributed by atoms with Gasteiger partial charge in [0.15, 0.2) is 0 Å². The van der Waals surface area contributed by atoms with E-state index in [9.17, 15) is 0 Å². The van der Waals surface area contributed by atoms with Crippen molar-refractivity contribution in [2.75, 3.05) is 25.6 Å². The molecule has 0 amide bonds. The summed E-state index contributed by atoms with van der Waals surface area (Å²) in [5, 5.41) is 5.49. The number of aromatic nitrogens is 1. The smallest absolute Gasteiger partial charge is 0.213 e. The Balaban J connectivity index is 1.92. The van der Waals surface area contributed by atoms with Crippen LogP contribution in [0, 0.1) is 0 Å². The molecular formula is C14H17BrN2O2S. The molecule has 0 bridgehead atoms. The lowest BCUT2D eigenvalue weighted by Crippen LogP contribution is -2.07. The van der Waals surface area contributed by atoms with Gasteiger partial charge in [-0.15, -0.1) is 11.3 Å². The zero-order valence-corrected chi connectivity index (χ0v) is 13.8. The number of nitrogens with zero attached hydrogens (tertiary/aromatic N) is 1. The normalized spacial score (nSPS) is 12.2. The summed E-state index contributed by atoms with van der Waals surface area (Å²) < 4.78 is 11.5. The van der Waals surface area contributed by atoms with Crippen molar-refractivity contribution in [1.29, 1.82) is 0 Å². The Hall–Kier alpha value is -1.11. The van der Waals surface area contributed by atoms with Gasteiger partial charge in [-0.3, -0.25) is 0 Å². The van der Waals surface area contributed by atoms with Gasteiger partial charge in [0.2, 0.25) is 5.88 Å². The van der Waals surface area contributed by atoms with Crippen LogP contribution in [0.5, 0.6) is 5.88 Å². The number of halogens is 1. The van der Waals surface area contributed by atoms with Crippen LogP contribution in [0.3, 0.4) is 0 Å². The highest BCUT2D eigenvalue weighted by atomic mass is 79.9. The number of thiophene rings is 1. The molecule has 0 saturated carbocycles. The van der Waals surface area contributed by atoms with Gasteiger partial charge in [0.1, 0.15) is 6.61 Å². The van der Waals surface area contributed by atoms with E-state index in [1.165, 1.54) is 4.88 Å². The lowest BCUT2D eigenvalue weighted by molar-refractivity contribution is 0.144. The first-order valence-electron chi connectivity index (χ1n) is 6.28. The molecule has 0 fully saturated rings. The molecule has 2 heterocycles. The number of methoxy groups -OCH3 is 1. The van der Waals surface area contributed by atoms with Crippen LogP contribution in [-0.2, 0) is 4.74 Å². The number of ether oxygens (including phenoxy) is 2. The average molecular weight is 357 g/mol. The van der Waals surface area contributed by atoms with Crippen LogP contribution in [0.2, 0.25) is 0 Å². The standard InChI is InChI=1S/C14H17BrN2O2S/c1-10(14-12(15)5-8-20-14)17-11-3-4-13(16-9-11)19-7-6-18-2/h3-5,8-10,17H,6-7H2,1-2H3. The van der Waals surface area contributed by atoms with Crippen molar-refractivity contribution in [2.45, 2.75) is 13.0 Å². The molecule has 0 saturated heterocycles. The summed E-state index contributed by atoms with van der Waals surface area (Å²) in [5.74, 6) is 0.609. The van der Waals surface area contributed by atoms with Crippen molar-refractivity contribution in [3.8, 4) is 5.88 Å². The molecule has 0 aliphatic heterocycles. The maximum Gasteiger partial charge on any atom is 0.213 e. The molecule has 0 aromatic carbocycles. The summed E-state index contributed by atoms with van der Waals surface area (Å²) in [5.41, 5.74) is 0.969. The van der Waals surface area contributed by atoms with Crippen molar-refractivity contribution in [3.05, 3.63) is 39.1 Å². The first-order chi connectivity index (χ1) is 9.70. The van der Waals surface area contributed by atoms with Gasteiger partial charge in [-0.1, -0.05) is 0 Å². The highest BCUT2D eigenvalue weighted by Crippen LogP contribution is 2.31. The largest absolute Gasteiger partial charge is 0.475 e. The van der Waals surface area contributed by atoms with Gasteiger partial charge in [0.25, 0.3) is 0 Å². The number of nitrogens with one attached hydrogen (secondary N) is 1. The Bertz CT molecular complexity index is 530. The molecule has 1 atom stereocenters. The highest BCUT2D eigenvalue weighted by molar-refractivity contribution is 9.10. The molecule has 0 radical (unpaired) electrons. The highest BCUT2D eigenvalue weighted by Gasteiger charge is 2.10. The fraction of sp³-hybridized carbons (Fsp3) is 0.357. The molecule has 2 rings (SSSR count). The van der Waals surface area contributed by atoms with Gasteiger partial charge in [-0.25, -0.2) is 4.98 Å². The first kappa shape index (κ1) is 15.3. The maximum absolute atomic E-state index is 5.43. The molecule has 2 aromatic rings. The Morgan fingerprint density at radius 2 is 2.20 bits per heavy atom. The molecule has 0 aliphatic rings. The summed E-state index contributed by atoms with van der Waals surface area (Å²) in [6.07, 6.45) is 1.78. The van der Waals surface area contributed by atoms with E-state index >= 15 is 0 Å². The van der Waals surface area contributed by atoms with Crippen LogP contribution in [0.1, 0.15) is 17.8 Å². The Kier molecular flexibility index (Phi) is 5.82. The summed E-state index contributed by atoms with van der Waals surface area (Å²) in [7, 11) is 1.65. The topological polar surface area (TPSA) is 43.4 Å². The van der Waals surface area contributed by atoms with Gasteiger partial charge in [-0.2, -0.15) is 0 Å². The van der Waals surface area contributed by atoms with E-state index in [1.54, 1.807) is 24.6 Å². The summed E-state index contributed by atoms with van der Waals surface area (Å²) in [6.45, 7) is 3.19. The van der Waals surface area contributed by atoms with E-state index in [0.717, 1.165) is 10.2 Å². The monoisotopic (exact) mass is 356 g/mol. The number of hydrogen-bond acceptors (Lipinski definition) is 5. The van der Waals surface area contributed by atoms with Gasteiger partial charge < -0.3 is 14.8 Å². The van der Waals surface area contributed by atoms with E-state index in [4.69, 9.17) is 9.47 Å². The van der Waals surface area contributed by atoms with Crippen molar-refractivity contribution in [3.63, 3.8) is 0 Å². The van der Waals surface area contributed by atoms with Crippen molar-refractivity contribution in [1.82, 2.24) is 4.98 Å². The Labute approximate surface area is 131 Å². The number of rotatable bonds is 7. The number of anilines is 1. The second-order valence-electron chi connectivity index (χ2n) is 4.23. The number of hydrogen-bond donors (Lipinski definition) is 1.